The lowest BCUT2D eigenvalue weighted by Crippen LogP contribution is -1.94. The van der Waals surface area contributed by atoms with Gasteiger partial charge >= 0.3 is 0 Å². The summed E-state index contributed by atoms with van der Waals surface area (Å²) in [7, 11) is 1.65. The second-order valence-corrected chi connectivity index (χ2v) is 3.67. The third-order valence-electron chi connectivity index (χ3n) is 2.55. The average molecular weight is 213 g/mol. The van der Waals surface area contributed by atoms with Gasteiger partial charge in [-0.25, -0.2) is 0 Å². The van der Waals surface area contributed by atoms with E-state index in [1.807, 2.05) is 18.2 Å². The number of nitrogens with zero attached hydrogens (tertiary/aromatic N) is 1. The molecule has 0 N–H and O–H groups in total. The molecule has 16 heavy (non-hydrogen) atoms. The molecule has 0 saturated carbocycles. The van der Waals surface area contributed by atoms with Gasteiger partial charge in [0.15, 0.2) is 0 Å². The molecule has 0 bridgehead atoms. The molecule has 0 aliphatic heterocycles. The van der Waals surface area contributed by atoms with Crippen molar-refractivity contribution in [1.82, 2.24) is 4.98 Å². The van der Waals surface area contributed by atoms with E-state index >= 15 is 0 Å². The summed E-state index contributed by atoms with van der Waals surface area (Å²) < 4.78 is 5.07. The van der Waals surface area contributed by atoms with Crippen LogP contribution < -0.4 is 4.74 Å². The number of rotatable bonds is 4. The molecule has 82 valence electrons. The summed E-state index contributed by atoms with van der Waals surface area (Å²) in [4.78, 5) is 4.34. The summed E-state index contributed by atoms with van der Waals surface area (Å²) in [5.41, 5.74) is 2.45. The van der Waals surface area contributed by atoms with Crippen LogP contribution in [0.3, 0.4) is 0 Å². The Bertz CT molecular complexity index is 422. The van der Waals surface area contributed by atoms with Gasteiger partial charge in [0.2, 0.25) is 0 Å². The van der Waals surface area contributed by atoms with Gasteiger partial charge in [0, 0.05) is 5.69 Å². The molecule has 0 aliphatic carbocycles. The molecule has 0 unspecified atom stereocenters. The van der Waals surface area contributed by atoms with Crippen molar-refractivity contribution < 1.29 is 4.74 Å². The SMILES string of the molecule is COc1ccc(CCc2ccccc2)nc1. The van der Waals surface area contributed by atoms with E-state index in [1.165, 1.54) is 5.56 Å². The number of aryl methyl sites for hydroxylation is 2. The fourth-order valence-corrected chi connectivity index (χ4v) is 1.60. The Kier molecular flexibility index (Phi) is 3.54. The first-order valence-corrected chi connectivity index (χ1v) is 5.41. The van der Waals surface area contributed by atoms with Gasteiger partial charge in [-0.1, -0.05) is 30.3 Å². The maximum Gasteiger partial charge on any atom is 0.137 e. The van der Waals surface area contributed by atoms with Crippen LogP contribution in [-0.4, -0.2) is 12.1 Å². The van der Waals surface area contributed by atoms with Crippen molar-refractivity contribution in [1.29, 1.82) is 0 Å². The Morgan fingerprint density at radius 1 is 1.00 bits per heavy atom. The predicted octanol–water partition coefficient (Wildman–Crippen LogP) is 2.88. The first-order chi connectivity index (χ1) is 7.88. The molecule has 2 nitrogen and oxygen atoms in total. The zero-order valence-electron chi connectivity index (χ0n) is 9.39. The molecular formula is C14H15NO. The van der Waals surface area contributed by atoms with Gasteiger partial charge in [-0.05, 0) is 30.5 Å². The predicted molar refractivity (Wildman–Crippen MR) is 64.6 cm³/mol. The van der Waals surface area contributed by atoms with Crippen molar-refractivity contribution >= 4 is 0 Å². The third-order valence-corrected chi connectivity index (χ3v) is 2.55. The highest BCUT2D eigenvalue weighted by molar-refractivity contribution is 5.21. The van der Waals surface area contributed by atoms with Crippen LogP contribution in [0.1, 0.15) is 11.3 Å². The molecule has 0 amide bonds. The zero-order chi connectivity index (χ0) is 11.2. The topological polar surface area (TPSA) is 22.1 Å². The van der Waals surface area contributed by atoms with Gasteiger partial charge in [0.1, 0.15) is 5.75 Å². The minimum Gasteiger partial charge on any atom is -0.495 e. The van der Waals surface area contributed by atoms with Gasteiger partial charge in [-0.2, -0.15) is 0 Å². The van der Waals surface area contributed by atoms with Crippen LogP contribution in [0.2, 0.25) is 0 Å². The number of hydrogen-bond acceptors (Lipinski definition) is 2. The molecule has 0 fully saturated rings. The molecule has 0 aliphatic rings. The van der Waals surface area contributed by atoms with E-state index in [9.17, 15) is 0 Å². The minimum absolute atomic E-state index is 0.809. The van der Waals surface area contributed by atoms with Gasteiger partial charge in [0.05, 0.1) is 13.3 Å². The van der Waals surface area contributed by atoms with Crippen LogP contribution in [0, 0.1) is 0 Å². The van der Waals surface area contributed by atoms with Crippen LogP contribution >= 0.6 is 0 Å². The summed E-state index contributed by atoms with van der Waals surface area (Å²) in [6.45, 7) is 0. The quantitative estimate of drug-likeness (QED) is 0.779. The van der Waals surface area contributed by atoms with E-state index < -0.39 is 0 Å². The fourth-order valence-electron chi connectivity index (χ4n) is 1.60. The summed E-state index contributed by atoms with van der Waals surface area (Å²) >= 11 is 0. The standard InChI is InChI=1S/C14H15NO/c1-16-14-10-9-13(15-11-14)8-7-12-5-3-2-4-6-12/h2-6,9-11H,7-8H2,1H3. The van der Waals surface area contributed by atoms with Crippen LogP contribution in [-0.2, 0) is 12.8 Å². The maximum atomic E-state index is 5.07. The molecule has 2 rings (SSSR count). The first kappa shape index (κ1) is 10.7. The molecule has 2 heteroatoms. The summed E-state index contributed by atoms with van der Waals surface area (Å²) in [5.74, 6) is 0.809. The minimum atomic E-state index is 0.809. The van der Waals surface area contributed by atoms with Crippen LogP contribution in [0.5, 0.6) is 5.75 Å². The van der Waals surface area contributed by atoms with Gasteiger partial charge in [-0.3, -0.25) is 4.98 Å². The lowest BCUT2D eigenvalue weighted by molar-refractivity contribution is 0.412. The van der Waals surface area contributed by atoms with Crippen LogP contribution in [0.4, 0.5) is 0 Å². The highest BCUT2D eigenvalue weighted by Gasteiger charge is 1.97. The number of aromatic nitrogens is 1. The molecule has 0 radical (unpaired) electrons. The van der Waals surface area contributed by atoms with Crippen molar-refractivity contribution in [3.63, 3.8) is 0 Å². The highest BCUT2D eigenvalue weighted by atomic mass is 16.5. The summed E-state index contributed by atoms with van der Waals surface area (Å²) in [6.07, 6.45) is 3.76. The number of ether oxygens (including phenoxy) is 1. The normalized spacial score (nSPS) is 10.1. The van der Waals surface area contributed by atoms with E-state index in [2.05, 4.69) is 29.2 Å². The van der Waals surface area contributed by atoms with Crippen molar-refractivity contribution in [2.45, 2.75) is 12.8 Å². The number of pyridine rings is 1. The second kappa shape index (κ2) is 5.31. The van der Waals surface area contributed by atoms with Crippen molar-refractivity contribution in [3.05, 3.63) is 59.9 Å². The zero-order valence-corrected chi connectivity index (χ0v) is 9.39. The Morgan fingerprint density at radius 3 is 2.44 bits per heavy atom. The van der Waals surface area contributed by atoms with Crippen molar-refractivity contribution in [3.8, 4) is 5.75 Å². The average Bonchev–Trinajstić information content (AvgIpc) is 2.38. The smallest absolute Gasteiger partial charge is 0.137 e. The molecule has 1 aromatic heterocycles. The highest BCUT2D eigenvalue weighted by Crippen LogP contribution is 2.10. The second-order valence-electron chi connectivity index (χ2n) is 3.67. The van der Waals surface area contributed by atoms with Crippen molar-refractivity contribution in [2.24, 2.45) is 0 Å². The molecular weight excluding hydrogens is 198 g/mol. The van der Waals surface area contributed by atoms with E-state index in [4.69, 9.17) is 4.74 Å². The van der Waals surface area contributed by atoms with Gasteiger partial charge < -0.3 is 4.74 Å². The van der Waals surface area contributed by atoms with Crippen LogP contribution in [0.25, 0.3) is 0 Å². The van der Waals surface area contributed by atoms with E-state index in [-0.39, 0.29) is 0 Å². The number of methoxy groups -OCH3 is 1. The molecule has 0 spiro atoms. The Morgan fingerprint density at radius 2 is 1.81 bits per heavy atom. The first-order valence-electron chi connectivity index (χ1n) is 5.41. The largest absolute Gasteiger partial charge is 0.495 e. The summed E-state index contributed by atoms with van der Waals surface area (Å²) in [6, 6.07) is 14.4. The van der Waals surface area contributed by atoms with Gasteiger partial charge in [0.25, 0.3) is 0 Å². The Hall–Kier alpha value is -1.83. The van der Waals surface area contributed by atoms with Crippen LogP contribution in [0.15, 0.2) is 48.7 Å². The van der Waals surface area contributed by atoms with Crippen molar-refractivity contribution in [2.75, 3.05) is 7.11 Å². The lowest BCUT2D eigenvalue weighted by Gasteiger charge is -2.02. The number of hydrogen-bond donors (Lipinski definition) is 0. The molecule has 0 saturated heterocycles. The molecule has 2 aromatic rings. The number of benzene rings is 1. The van der Waals surface area contributed by atoms with E-state index in [0.29, 0.717) is 0 Å². The Balaban J connectivity index is 1.94. The summed E-state index contributed by atoms with van der Waals surface area (Å²) in [5, 5.41) is 0. The molecule has 1 aromatic carbocycles. The molecule has 1 heterocycles. The van der Waals surface area contributed by atoms with E-state index in [0.717, 1.165) is 24.3 Å². The van der Waals surface area contributed by atoms with E-state index in [1.54, 1.807) is 13.3 Å². The Labute approximate surface area is 95.9 Å². The monoisotopic (exact) mass is 213 g/mol. The van der Waals surface area contributed by atoms with Gasteiger partial charge in [-0.15, -0.1) is 0 Å². The third kappa shape index (κ3) is 2.83. The lowest BCUT2D eigenvalue weighted by atomic mass is 10.1. The molecule has 0 atom stereocenters. The fraction of sp³-hybridized carbons (Fsp3) is 0.214. The maximum absolute atomic E-state index is 5.07.